The number of nitrogens with one attached hydrogen (secondary N) is 1. The van der Waals surface area contributed by atoms with E-state index in [2.05, 4.69) is 6.58 Å². The summed E-state index contributed by atoms with van der Waals surface area (Å²) in [5.74, 6) is -1.21. The topological polar surface area (TPSA) is 61.2 Å². The third kappa shape index (κ3) is 2.26. The van der Waals surface area contributed by atoms with Gasteiger partial charge in [-0.1, -0.05) is 18.7 Å². The Balaban J connectivity index is 4.36. The maximum atomic E-state index is 10.1. The minimum absolute atomic E-state index is 0.389. The van der Waals surface area contributed by atoms with Gasteiger partial charge in [-0.25, -0.2) is 4.79 Å². The predicted molar refractivity (Wildman–Crippen MR) is 39.3 cm³/mol. The van der Waals surface area contributed by atoms with Crippen molar-refractivity contribution in [3.8, 4) is 0 Å². The summed E-state index contributed by atoms with van der Waals surface area (Å²) in [5.41, 5.74) is 0.0161. The molecule has 54 valence electrons. The Hall–Kier alpha value is -1.38. The van der Waals surface area contributed by atoms with Crippen LogP contribution in [-0.4, -0.2) is 16.8 Å². The first kappa shape index (κ1) is 8.62. The van der Waals surface area contributed by atoms with E-state index in [1.807, 2.05) is 0 Å². The lowest BCUT2D eigenvalue weighted by Gasteiger charge is -1.93. The van der Waals surface area contributed by atoms with Gasteiger partial charge >= 0.3 is 5.97 Å². The third-order valence-electron chi connectivity index (χ3n) is 0.976. The van der Waals surface area contributed by atoms with Crippen molar-refractivity contribution in [3.63, 3.8) is 0 Å². The molecule has 0 heterocycles. The lowest BCUT2D eigenvalue weighted by atomic mass is 10.2. The summed E-state index contributed by atoms with van der Waals surface area (Å²) in [6, 6.07) is 0. The molecule has 0 radical (unpaired) electrons. The minimum atomic E-state index is -1.21. The first-order chi connectivity index (χ1) is 4.59. The minimum Gasteiger partial charge on any atom is -0.477 e. The molecule has 0 unspecified atom stereocenters. The van der Waals surface area contributed by atoms with E-state index in [0.29, 0.717) is 5.57 Å². The molecule has 0 fully saturated rings. The highest BCUT2D eigenvalue weighted by molar-refractivity contribution is 6.40. The van der Waals surface area contributed by atoms with Gasteiger partial charge in [0.15, 0.2) is 0 Å². The fourth-order valence-corrected chi connectivity index (χ4v) is 0.429. The fraction of sp³-hybridized carbons (Fsp3) is 0.143. The second-order valence-corrected chi connectivity index (χ2v) is 1.77. The van der Waals surface area contributed by atoms with Crippen LogP contribution < -0.4 is 0 Å². The molecule has 10 heavy (non-hydrogen) atoms. The molecular weight excluding hydrogens is 130 g/mol. The first-order valence-corrected chi connectivity index (χ1v) is 2.71. The summed E-state index contributed by atoms with van der Waals surface area (Å²) in [5, 5.41) is 15.2. The van der Waals surface area contributed by atoms with Gasteiger partial charge in [0.05, 0.1) is 0 Å². The molecule has 0 spiro atoms. The Morgan fingerprint density at radius 3 is 2.50 bits per heavy atom. The molecule has 0 saturated carbocycles. The molecule has 0 atom stereocenters. The van der Waals surface area contributed by atoms with E-state index in [9.17, 15) is 4.79 Å². The molecule has 0 aromatic carbocycles. The van der Waals surface area contributed by atoms with Crippen molar-refractivity contribution in [2.75, 3.05) is 0 Å². The van der Waals surface area contributed by atoms with Crippen molar-refractivity contribution in [1.29, 1.82) is 5.41 Å². The van der Waals surface area contributed by atoms with Crippen LogP contribution in [-0.2, 0) is 4.79 Å². The smallest absolute Gasteiger partial charge is 0.354 e. The van der Waals surface area contributed by atoms with Crippen molar-refractivity contribution in [1.82, 2.24) is 0 Å². The SMILES string of the molecule is C=C/C=C(/C)C(=N)C(=O)O. The molecule has 0 bridgehead atoms. The van der Waals surface area contributed by atoms with Gasteiger partial charge in [-0.05, 0) is 12.5 Å². The molecule has 0 saturated heterocycles. The van der Waals surface area contributed by atoms with E-state index in [-0.39, 0.29) is 5.71 Å². The Morgan fingerprint density at radius 1 is 1.70 bits per heavy atom. The lowest BCUT2D eigenvalue weighted by Crippen LogP contribution is -2.12. The number of hydrogen-bond acceptors (Lipinski definition) is 2. The fourth-order valence-electron chi connectivity index (χ4n) is 0.429. The van der Waals surface area contributed by atoms with Crippen molar-refractivity contribution >= 4 is 11.7 Å². The van der Waals surface area contributed by atoms with Gasteiger partial charge in [0.1, 0.15) is 5.71 Å². The first-order valence-electron chi connectivity index (χ1n) is 2.71. The number of rotatable bonds is 3. The molecule has 0 amide bonds. The lowest BCUT2D eigenvalue weighted by molar-refractivity contribution is -0.129. The molecule has 0 aliphatic rings. The van der Waals surface area contributed by atoms with Crippen LogP contribution >= 0.6 is 0 Å². The van der Waals surface area contributed by atoms with Crippen molar-refractivity contribution in [3.05, 3.63) is 24.3 Å². The molecular formula is C7H9NO2. The maximum Gasteiger partial charge on any atom is 0.354 e. The van der Waals surface area contributed by atoms with Gasteiger partial charge in [0.25, 0.3) is 0 Å². The quantitative estimate of drug-likeness (QED) is 0.456. The molecule has 0 aromatic rings. The number of hydrogen-bond donors (Lipinski definition) is 2. The molecule has 0 aliphatic carbocycles. The van der Waals surface area contributed by atoms with Gasteiger partial charge in [0, 0.05) is 0 Å². The Bertz CT molecular complexity index is 204. The summed E-state index contributed by atoms with van der Waals surface area (Å²) in [4.78, 5) is 10.1. The van der Waals surface area contributed by atoms with Gasteiger partial charge < -0.3 is 5.11 Å². The average Bonchev–Trinajstić information content (AvgIpc) is 1.87. The van der Waals surface area contributed by atoms with Crippen LogP contribution in [0.25, 0.3) is 0 Å². The highest BCUT2D eigenvalue weighted by Crippen LogP contribution is 1.94. The molecule has 0 rings (SSSR count). The summed E-state index contributed by atoms with van der Waals surface area (Å²) in [7, 11) is 0. The molecule has 0 aromatic heterocycles. The zero-order valence-corrected chi connectivity index (χ0v) is 5.72. The predicted octanol–water partition coefficient (Wildman–Crippen LogP) is 1.22. The van der Waals surface area contributed by atoms with Crippen molar-refractivity contribution < 1.29 is 9.90 Å². The second-order valence-electron chi connectivity index (χ2n) is 1.77. The standard InChI is InChI=1S/C7H9NO2/c1-3-4-5(2)6(8)7(9)10/h3-4,8H,1H2,2H3,(H,9,10)/b5-4-,8-6?. The van der Waals surface area contributed by atoms with Gasteiger partial charge in [0.2, 0.25) is 0 Å². The zero-order valence-electron chi connectivity index (χ0n) is 5.72. The van der Waals surface area contributed by atoms with Crippen molar-refractivity contribution in [2.45, 2.75) is 6.92 Å². The highest BCUT2D eigenvalue weighted by atomic mass is 16.4. The zero-order chi connectivity index (χ0) is 8.15. The van der Waals surface area contributed by atoms with Crippen LogP contribution in [0.2, 0.25) is 0 Å². The van der Waals surface area contributed by atoms with Crippen LogP contribution in [0.4, 0.5) is 0 Å². The number of carbonyl (C=O) groups is 1. The van der Waals surface area contributed by atoms with Crippen LogP contribution in [0.15, 0.2) is 24.3 Å². The average molecular weight is 139 g/mol. The Morgan fingerprint density at radius 2 is 2.20 bits per heavy atom. The van der Waals surface area contributed by atoms with E-state index in [1.54, 1.807) is 6.92 Å². The van der Waals surface area contributed by atoms with Gasteiger partial charge in [-0.15, -0.1) is 0 Å². The summed E-state index contributed by atoms with van der Waals surface area (Å²) >= 11 is 0. The van der Waals surface area contributed by atoms with E-state index >= 15 is 0 Å². The van der Waals surface area contributed by atoms with Crippen LogP contribution in [0, 0.1) is 5.41 Å². The second kappa shape index (κ2) is 3.61. The largest absolute Gasteiger partial charge is 0.477 e. The molecule has 2 N–H and O–H groups in total. The number of carboxylic acid groups (broad SMARTS) is 1. The van der Waals surface area contributed by atoms with Crippen molar-refractivity contribution in [2.24, 2.45) is 0 Å². The normalized spacial score (nSPS) is 10.7. The maximum absolute atomic E-state index is 10.1. The van der Waals surface area contributed by atoms with E-state index in [4.69, 9.17) is 10.5 Å². The monoisotopic (exact) mass is 139 g/mol. The Kier molecular flexibility index (Phi) is 3.11. The molecule has 3 nitrogen and oxygen atoms in total. The Labute approximate surface area is 59.2 Å². The third-order valence-corrected chi connectivity index (χ3v) is 0.976. The molecule has 0 aliphatic heterocycles. The van der Waals surface area contributed by atoms with E-state index in [0.717, 1.165) is 0 Å². The number of allylic oxidation sites excluding steroid dienone is 2. The summed E-state index contributed by atoms with van der Waals surface area (Å²) in [6.45, 7) is 4.93. The number of aliphatic carboxylic acids is 1. The summed E-state index contributed by atoms with van der Waals surface area (Å²) in [6.07, 6.45) is 2.93. The van der Waals surface area contributed by atoms with Crippen LogP contribution in [0.3, 0.4) is 0 Å². The summed E-state index contributed by atoms with van der Waals surface area (Å²) < 4.78 is 0. The number of carboxylic acids is 1. The van der Waals surface area contributed by atoms with Gasteiger partial charge in [-0.3, -0.25) is 5.41 Å². The van der Waals surface area contributed by atoms with E-state index < -0.39 is 5.97 Å². The molecule has 3 heteroatoms. The van der Waals surface area contributed by atoms with Gasteiger partial charge in [-0.2, -0.15) is 0 Å². The van der Waals surface area contributed by atoms with E-state index in [1.165, 1.54) is 12.2 Å². The van der Waals surface area contributed by atoms with Crippen LogP contribution in [0.5, 0.6) is 0 Å². The van der Waals surface area contributed by atoms with Crippen LogP contribution in [0.1, 0.15) is 6.92 Å². The highest BCUT2D eigenvalue weighted by Gasteiger charge is 2.06.